The molecule has 0 spiro atoms. The molecule has 132 valence electrons. The molecule has 0 N–H and O–H groups in total. The zero-order valence-electron chi connectivity index (χ0n) is 13.1. The van der Waals surface area contributed by atoms with Crippen LogP contribution in [0.3, 0.4) is 0 Å². The molecule has 0 aliphatic carbocycles. The maximum Gasteiger partial charge on any atom is 0.326 e. The van der Waals surface area contributed by atoms with Gasteiger partial charge >= 0.3 is 6.01 Å². The Hall–Kier alpha value is -3.28. The van der Waals surface area contributed by atoms with Crippen molar-refractivity contribution in [3.8, 4) is 0 Å². The fourth-order valence-electron chi connectivity index (χ4n) is 2.54. The molecule has 3 heterocycles. The van der Waals surface area contributed by atoms with Crippen LogP contribution in [0, 0.1) is 10.1 Å². The van der Waals surface area contributed by atoms with E-state index in [4.69, 9.17) is 4.42 Å². The summed E-state index contributed by atoms with van der Waals surface area (Å²) in [5, 5.41) is 25.8. The van der Waals surface area contributed by atoms with Gasteiger partial charge < -0.3 is 8.98 Å². The Balaban J connectivity index is 1.62. The Morgan fingerprint density at radius 2 is 2.12 bits per heavy atom. The molecule has 1 amide bonds. The lowest BCUT2D eigenvalue weighted by atomic mass is 10.2. The molecule has 26 heavy (non-hydrogen) atoms. The van der Waals surface area contributed by atoms with E-state index in [2.05, 4.69) is 20.4 Å². The summed E-state index contributed by atoms with van der Waals surface area (Å²) in [6.07, 6.45) is 3.01. The molecule has 1 unspecified atom stereocenters. The number of nitro benzene ring substituents is 1. The summed E-state index contributed by atoms with van der Waals surface area (Å²) in [4.78, 5) is 24.2. The van der Waals surface area contributed by atoms with Crippen LogP contribution in [-0.2, 0) is 11.3 Å². The second-order valence-electron chi connectivity index (χ2n) is 5.39. The SMILES string of the molecule is O=C1CSC(c2cccc([N+](=O)[O-])c2)N1c1nnc(Cn2cnnc2)o1. The Kier molecular flexibility index (Phi) is 4.08. The summed E-state index contributed by atoms with van der Waals surface area (Å²) in [5.74, 6) is 0.310. The highest BCUT2D eigenvalue weighted by Crippen LogP contribution is 2.41. The molecular weight excluding hydrogens is 362 g/mol. The van der Waals surface area contributed by atoms with Crippen molar-refractivity contribution in [1.82, 2.24) is 25.0 Å². The highest BCUT2D eigenvalue weighted by Gasteiger charge is 2.38. The first-order chi connectivity index (χ1) is 12.6. The van der Waals surface area contributed by atoms with Gasteiger partial charge in [0.05, 0.1) is 10.7 Å². The second kappa shape index (κ2) is 6.55. The second-order valence-corrected chi connectivity index (χ2v) is 6.46. The van der Waals surface area contributed by atoms with Gasteiger partial charge in [0.25, 0.3) is 5.69 Å². The van der Waals surface area contributed by atoms with Crippen molar-refractivity contribution in [3.63, 3.8) is 0 Å². The predicted molar refractivity (Wildman–Crippen MR) is 89.2 cm³/mol. The normalized spacial score (nSPS) is 17.0. The first-order valence-electron chi connectivity index (χ1n) is 7.44. The van der Waals surface area contributed by atoms with Crippen molar-refractivity contribution in [2.24, 2.45) is 0 Å². The molecule has 1 aliphatic heterocycles. The van der Waals surface area contributed by atoms with E-state index in [1.807, 2.05) is 0 Å². The standard InChI is InChI=1S/C14H11N7O4S/c22-12-6-26-13(9-2-1-3-10(4-9)21(23)24)20(12)14-18-17-11(25-14)5-19-7-15-16-8-19/h1-4,7-8,13H,5-6H2. The molecule has 1 fully saturated rings. The third-order valence-electron chi connectivity index (χ3n) is 3.68. The highest BCUT2D eigenvalue weighted by atomic mass is 32.2. The number of hydrogen-bond donors (Lipinski definition) is 0. The number of aromatic nitrogens is 5. The van der Waals surface area contributed by atoms with Gasteiger partial charge in [-0.05, 0) is 5.56 Å². The Morgan fingerprint density at radius 3 is 2.88 bits per heavy atom. The molecular formula is C14H11N7O4S. The average molecular weight is 373 g/mol. The minimum Gasteiger partial charge on any atom is -0.406 e. The first-order valence-corrected chi connectivity index (χ1v) is 8.49. The molecule has 0 bridgehead atoms. The van der Waals surface area contributed by atoms with Crippen LogP contribution in [-0.4, -0.2) is 41.5 Å². The average Bonchev–Trinajstić information content (AvgIpc) is 3.37. The van der Waals surface area contributed by atoms with Crippen LogP contribution in [0.5, 0.6) is 0 Å². The van der Waals surface area contributed by atoms with Crippen molar-refractivity contribution < 1.29 is 14.1 Å². The van der Waals surface area contributed by atoms with E-state index in [-0.39, 0.29) is 29.9 Å². The molecule has 0 saturated carbocycles. The van der Waals surface area contributed by atoms with Crippen molar-refractivity contribution >= 4 is 29.4 Å². The van der Waals surface area contributed by atoms with Gasteiger partial charge in [0.2, 0.25) is 11.8 Å². The van der Waals surface area contributed by atoms with Gasteiger partial charge in [-0.1, -0.05) is 17.2 Å². The number of benzene rings is 1. The molecule has 1 atom stereocenters. The third-order valence-corrected chi connectivity index (χ3v) is 4.89. The lowest BCUT2D eigenvalue weighted by Gasteiger charge is -2.19. The zero-order valence-corrected chi connectivity index (χ0v) is 13.9. The fourth-order valence-corrected chi connectivity index (χ4v) is 3.67. The lowest BCUT2D eigenvalue weighted by molar-refractivity contribution is -0.384. The first kappa shape index (κ1) is 16.2. The van der Waals surface area contributed by atoms with Crippen molar-refractivity contribution in [1.29, 1.82) is 0 Å². The van der Waals surface area contributed by atoms with Gasteiger partial charge in [-0.3, -0.25) is 14.9 Å². The maximum absolute atomic E-state index is 12.3. The predicted octanol–water partition coefficient (Wildman–Crippen LogP) is 1.40. The molecule has 3 aromatic rings. The number of thioether (sulfide) groups is 1. The fraction of sp³-hybridized carbons (Fsp3) is 0.214. The summed E-state index contributed by atoms with van der Waals surface area (Å²) in [7, 11) is 0. The minimum absolute atomic E-state index is 0.0405. The van der Waals surface area contributed by atoms with E-state index in [9.17, 15) is 14.9 Å². The van der Waals surface area contributed by atoms with E-state index < -0.39 is 10.3 Å². The summed E-state index contributed by atoms with van der Waals surface area (Å²) < 4.78 is 7.25. The number of anilines is 1. The van der Waals surface area contributed by atoms with E-state index in [1.54, 1.807) is 16.7 Å². The van der Waals surface area contributed by atoms with E-state index in [0.717, 1.165) is 0 Å². The lowest BCUT2D eigenvalue weighted by Crippen LogP contribution is -2.28. The molecule has 0 radical (unpaired) electrons. The Morgan fingerprint density at radius 1 is 1.31 bits per heavy atom. The van der Waals surface area contributed by atoms with Crippen LogP contribution in [0.2, 0.25) is 0 Å². The molecule has 1 saturated heterocycles. The number of carbonyl (C=O) groups excluding carboxylic acids is 1. The van der Waals surface area contributed by atoms with Crippen molar-refractivity contribution in [2.45, 2.75) is 11.9 Å². The van der Waals surface area contributed by atoms with Gasteiger partial charge in [0.1, 0.15) is 24.6 Å². The Bertz CT molecular complexity index is 958. The monoisotopic (exact) mass is 373 g/mol. The quantitative estimate of drug-likeness (QED) is 0.480. The molecule has 12 heteroatoms. The van der Waals surface area contributed by atoms with E-state index in [0.29, 0.717) is 11.5 Å². The molecule has 4 rings (SSSR count). The van der Waals surface area contributed by atoms with Crippen LogP contribution in [0.4, 0.5) is 11.7 Å². The van der Waals surface area contributed by atoms with Crippen molar-refractivity contribution in [2.75, 3.05) is 10.7 Å². The van der Waals surface area contributed by atoms with Crippen LogP contribution in [0.1, 0.15) is 16.8 Å². The summed E-state index contributed by atoms with van der Waals surface area (Å²) in [5.41, 5.74) is 0.579. The zero-order chi connectivity index (χ0) is 18.1. The number of carbonyl (C=O) groups is 1. The Labute approximate surface area is 150 Å². The molecule has 11 nitrogen and oxygen atoms in total. The molecule has 1 aromatic carbocycles. The maximum atomic E-state index is 12.3. The number of nitrogens with zero attached hydrogens (tertiary/aromatic N) is 7. The number of hydrogen-bond acceptors (Lipinski definition) is 9. The van der Waals surface area contributed by atoms with Gasteiger partial charge in [-0.2, -0.15) is 0 Å². The van der Waals surface area contributed by atoms with Gasteiger partial charge in [-0.15, -0.1) is 27.1 Å². The number of nitro groups is 1. The van der Waals surface area contributed by atoms with Crippen LogP contribution in [0.15, 0.2) is 41.3 Å². The highest BCUT2D eigenvalue weighted by molar-refractivity contribution is 8.00. The smallest absolute Gasteiger partial charge is 0.326 e. The topological polar surface area (TPSA) is 133 Å². The van der Waals surface area contributed by atoms with Gasteiger partial charge in [0, 0.05) is 12.1 Å². The number of rotatable bonds is 5. The van der Waals surface area contributed by atoms with Gasteiger partial charge in [-0.25, -0.2) is 4.90 Å². The van der Waals surface area contributed by atoms with Crippen molar-refractivity contribution in [3.05, 3.63) is 58.5 Å². The largest absolute Gasteiger partial charge is 0.406 e. The van der Waals surface area contributed by atoms with Crippen LogP contribution >= 0.6 is 11.8 Å². The third kappa shape index (κ3) is 3.01. The number of non-ortho nitro benzene ring substituents is 1. The minimum atomic E-state index is -0.473. The summed E-state index contributed by atoms with van der Waals surface area (Å²) >= 11 is 1.34. The molecule has 1 aliphatic rings. The summed E-state index contributed by atoms with van der Waals surface area (Å²) in [6.45, 7) is 0.274. The van der Waals surface area contributed by atoms with Crippen LogP contribution in [0.25, 0.3) is 0 Å². The van der Waals surface area contributed by atoms with Gasteiger partial charge in [0.15, 0.2) is 0 Å². The molecule has 2 aromatic heterocycles. The van der Waals surface area contributed by atoms with Crippen LogP contribution < -0.4 is 4.90 Å². The van der Waals surface area contributed by atoms with E-state index >= 15 is 0 Å². The van der Waals surface area contributed by atoms with E-state index in [1.165, 1.54) is 41.4 Å². The summed E-state index contributed by atoms with van der Waals surface area (Å²) in [6, 6.07) is 6.21. The number of amides is 1.